The highest BCUT2D eigenvalue weighted by atomic mass is 32.1. The maximum Gasteiger partial charge on any atom is 0.245 e. The largest absolute Gasteiger partial charge is 0.383 e. The summed E-state index contributed by atoms with van der Waals surface area (Å²) in [7, 11) is 1.49. The number of aryl methyl sites for hydroxylation is 1. The molecule has 1 atom stereocenters. The van der Waals surface area contributed by atoms with Crippen molar-refractivity contribution in [3.63, 3.8) is 0 Å². The van der Waals surface area contributed by atoms with Crippen LogP contribution < -0.4 is 11.1 Å². The molecule has 0 bridgehead atoms. The molecule has 1 heterocycles. The Morgan fingerprint density at radius 1 is 1.79 bits per heavy atom. The Balaban J connectivity index is 2.48. The number of amides is 1. The molecule has 0 saturated heterocycles. The molecule has 0 saturated carbocycles. The summed E-state index contributed by atoms with van der Waals surface area (Å²) in [5.74, 6) is 0.314. The van der Waals surface area contributed by atoms with Gasteiger partial charge in [-0.2, -0.15) is 4.37 Å². The first kappa shape index (κ1) is 11.0. The Labute approximate surface area is 85.6 Å². The lowest BCUT2D eigenvalue weighted by Gasteiger charge is -2.08. The van der Waals surface area contributed by atoms with Crippen LogP contribution in [-0.2, 0) is 9.53 Å². The van der Waals surface area contributed by atoms with E-state index < -0.39 is 6.04 Å². The van der Waals surface area contributed by atoms with Gasteiger partial charge in [0, 0.05) is 18.6 Å². The minimum absolute atomic E-state index is 0.184. The van der Waals surface area contributed by atoms with Crippen LogP contribution in [0.15, 0.2) is 0 Å². The van der Waals surface area contributed by atoms with Gasteiger partial charge in [-0.25, -0.2) is 4.98 Å². The highest BCUT2D eigenvalue weighted by Gasteiger charge is 2.14. The van der Waals surface area contributed by atoms with Crippen molar-refractivity contribution in [1.82, 2.24) is 9.36 Å². The zero-order valence-electron chi connectivity index (χ0n) is 7.98. The van der Waals surface area contributed by atoms with Crippen molar-refractivity contribution in [2.45, 2.75) is 13.0 Å². The third-order valence-electron chi connectivity index (χ3n) is 1.44. The van der Waals surface area contributed by atoms with Crippen molar-refractivity contribution in [2.75, 3.05) is 19.0 Å². The number of rotatable bonds is 4. The van der Waals surface area contributed by atoms with Crippen molar-refractivity contribution in [3.8, 4) is 0 Å². The number of nitrogens with one attached hydrogen (secondary N) is 1. The van der Waals surface area contributed by atoms with Crippen LogP contribution in [0.1, 0.15) is 5.82 Å². The minimum atomic E-state index is -0.677. The van der Waals surface area contributed by atoms with E-state index in [2.05, 4.69) is 14.7 Å². The number of aromatic nitrogens is 2. The molecule has 1 unspecified atom stereocenters. The van der Waals surface area contributed by atoms with E-state index in [9.17, 15) is 4.79 Å². The quantitative estimate of drug-likeness (QED) is 0.725. The maximum atomic E-state index is 11.3. The van der Waals surface area contributed by atoms with E-state index in [0.29, 0.717) is 11.0 Å². The highest BCUT2D eigenvalue weighted by Crippen LogP contribution is 2.09. The number of carbonyl (C=O) groups excluding carboxylic acids is 1. The van der Waals surface area contributed by atoms with Crippen LogP contribution in [0.2, 0.25) is 0 Å². The second kappa shape index (κ2) is 4.99. The maximum absolute atomic E-state index is 11.3. The molecule has 78 valence electrons. The first-order chi connectivity index (χ1) is 6.63. The normalized spacial score (nSPS) is 12.5. The Morgan fingerprint density at radius 2 is 2.50 bits per heavy atom. The zero-order valence-corrected chi connectivity index (χ0v) is 8.80. The summed E-state index contributed by atoms with van der Waals surface area (Å²) >= 11 is 1.12. The number of carbonyl (C=O) groups is 1. The number of methoxy groups -OCH3 is 1. The fourth-order valence-electron chi connectivity index (χ4n) is 0.801. The van der Waals surface area contributed by atoms with E-state index in [1.54, 1.807) is 6.92 Å². The van der Waals surface area contributed by atoms with Crippen LogP contribution in [0.4, 0.5) is 5.13 Å². The molecule has 0 aliphatic carbocycles. The summed E-state index contributed by atoms with van der Waals surface area (Å²) < 4.78 is 8.67. The van der Waals surface area contributed by atoms with E-state index in [4.69, 9.17) is 10.5 Å². The van der Waals surface area contributed by atoms with Gasteiger partial charge < -0.3 is 10.5 Å². The summed E-state index contributed by atoms with van der Waals surface area (Å²) in [6.07, 6.45) is 0. The van der Waals surface area contributed by atoms with Crippen LogP contribution in [0.25, 0.3) is 0 Å². The van der Waals surface area contributed by atoms with E-state index in [-0.39, 0.29) is 12.5 Å². The van der Waals surface area contributed by atoms with Gasteiger partial charge in [-0.15, -0.1) is 0 Å². The van der Waals surface area contributed by atoms with Gasteiger partial charge in [-0.3, -0.25) is 10.1 Å². The summed E-state index contributed by atoms with van der Waals surface area (Å²) in [5, 5.41) is 3.01. The molecule has 0 spiro atoms. The minimum Gasteiger partial charge on any atom is -0.383 e. The second-order valence-corrected chi connectivity index (χ2v) is 3.45. The van der Waals surface area contributed by atoms with Gasteiger partial charge >= 0.3 is 0 Å². The van der Waals surface area contributed by atoms with Crippen molar-refractivity contribution >= 4 is 22.6 Å². The molecular weight excluding hydrogens is 204 g/mol. The van der Waals surface area contributed by atoms with Crippen molar-refractivity contribution in [3.05, 3.63) is 5.82 Å². The molecular formula is C7H12N4O2S. The topological polar surface area (TPSA) is 90.1 Å². The average molecular weight is 216 g/mol. The zero-order chi connectivity index (χ0) is 10.6. The van der Waals surface area contributed by atoms with Crippen LogP contribution in [0, 0.1) is 6.92 Å². The standard InChI is InChI=1S/C7H12N4O2S/c1-4-9-7(14-11-4)10-6(12)5(8)3-13-2/h5H,3,8H2,1-2H3,(H,9,10,11,12). The van der Waals surface area contributed by atoms with Gasteiger partial charge in [0.1, 0.15) is 11.9 Å². The summed E-state index contributed by atoms with van der Waals surface area (Å²) in [6.45, 7) is 1.94. The first-order valence-corrected chi connectivity index (χ1v) is 4.76. The predicted octanol–water partition coefficient (Wildman–Crippen LogP) is -0.241. The predicted molar refractivity (Wildman–Crippen MR) is 53.1 cm³/mol. The van der Waals surface area contributed by atoms with Gasteiger partial charge in [0.2, 0.25) is 11.0 Å². The third kappa shape index (κ3) is 3.02. The number of nitrogens with zero attached hydrogens (tertiary/aromatic N) is 2. The number of anilines is 1. The van der Waals surface area contributed by atoms with Crippen molar-refractivity contribution in [1.29, 1.82) is 0 Å². The monoisotopic (exact) mass is 216 g/mol. The third-order valence-corrected chi connectivity index (χ3v) is 2.16. The summed E-state index contributed by atoms with van der Waals surface area (Å²) in [6, 6.07) is -0.677. The number of hydrogen-bond donors (Lipinski definition) is 2. The van der Waals surface area contributed by atoms with E-state index in [1.165, 1.54) is 7.11 Å². The van der Waals surface area contributed by atoms with Gasteiger partial charge in [0.25, 0.3) is 0 Å². The van der Waals surface area contributed by atoms with Gasteiger partial charge in [0.05, 0.1) is 6.61 Å². The highest BCUT2D eigenvalue weighted by molar-refractivity contribution is 7.09. The Hall–Kier alpha value is -1.05. The van der Waals surface area contributed by atoms with Crippen molar-refractivity contribution < 1.29 is 9.53 Å². The van der Waals surface area contributed by atoms with Crippen LogP contribution in [0.3, 0.4) is 0 Å². The van der Waals surface area contributed by atoms with E-state index in [1.807, 2.05) is 0 Å². The fraction of sp³-hybridized carbons (Fsp3) is 0.571. The summed E-state index contributed by atoms with van der Waals surface area (Å²) in [4.78, 5) is 15.3. The lowest BCUT2D eigenvalue weighted by Crippen LogP contribution is -2.39. The molecule has 0 fully saturated rings. The Bertz CT molecular complexity index is 314. The Morgan fingerprint density at radius 3 is 3.00 bits per heavy atom. The molecule has 1 amide bonds. The van der Waals surface area contributed by atoms with Crippen LogP contribution >= 0.6 is 11.5 Å². The molecule has 0 radical (unpaired) electrons. The lowest BCUT2D eigenvalue weighted by atomic mass is 10.3. The lowest BCUT2D eigenvalue weighted by molar-refractivity contribution is -0.118. The van der Waals surface area contributed by atoms with Gasteiger partial charge in [0.15, 0.2) is 0 Å². The Kier molecular flexibility index (Phi) is 3.93. The van der Waals surface area contributed by atoms with Crippen molar-refractivity contribution in [2.24, 2.45) is 5.73 Å². The molecule has 0 aromatic carbocycles. The second-order valence-electron chi connectivity index (χ2n) is 2.70. The fourth-order valence-corrected chi connectivity index (χ4v) is 1.38. The van der Waals surface area contributed by atoms with Gasteiger partial charge in [-0.1, -0.05) is 0 Å². The molecule has 1 aromatic rings. The smallest absolute Gasteiger partial charge is 0.245 e. The molecule has 14 heavy (non-hydrogen) atoms. The molecule has 7 heteroatoms. The van der Waals surface area contributed by atoms with E-state index >= 15 is 0 Å². The average Bonchev–Trinajstić information content (AvgIpc) is 2.51. The number of hydrogen-bond acceptors (Lipinski definition) is 6. The van der Waals surface area contributed by atoms with E-state index in [0.717, 1.165) is 11.5 Å². The number of ether oxygens (including phenoxy) is 1. The molecule has 1 aromatic heterocycles. The molecule has 3 N–H and O–H groups in total. The summed E-state index contributed by atoms with van der Waals surface area (Å²) in [5.41, 5.74) is 5.50. The number of nitrogens with two attached hydrogens (primary N) is 1. The van der Waals surface area contributed by atoms with Crippen LogP contribution in [-0.4, -0.2) is 35.0 Å². The molecule has 6 nitrogen and oxygen atoms in total. The van der Waals surface area contributed by atoms with Crippen LogP contribution in [0.5, 0.6) is 0 Å². The van der Waals surface area contributed by atoms with Gasteiger partial charge in [-0.05, 0) is 6.92 Å². The SMILES string of the molecule is COCC(N)C(=O)Nc1nc(C)ns1. The molecule has 1 rings (SSSR count). The first-order valence-electron chi connectivity index (χ1n) is 3.99. The molecule has 0 aliphatic rings. The molecule has 0 aliphatic heterocycles.